The van der Waals surface area contributed by atoms with Crippen molar-refractivity contribution in [1.82, 2.24) is 0 Å². The molecule has 2 aromatic rings. The fraction of sp³-hybridized carbons (Fsp3) is 0.111. The predicted molar refractivity (Wildman–Crippen MR) is 91.1 cm³/mol. The van der Waals surface area contributed by atoms with Gasteiger partial charge in [-0.3, -0.25) is 0 Å². The number of carbonyl (C=O) groups is 1. The average molecular weight is 325 g/mol. The fourth-order valence-corrected chi connectivity index (χ4v) is 2.60. The lowest BCUT2D eigenvalue weighted by Crippen LogP contribution is -2.04. The Hall–Kier alpha value is -2.71. The highest BCUT2D eigenvalue weighted by molar-refractivity contribution is 8.03. The molecule has 4 nitrogen and oxygen atoms in total. The lowest BCUT2D eigenvalue weighted by molar-refractivity contribution is 0.0694. The van der Waals surface area contributed by atoms with E-state index in [0.29, 0.717) is 16.4 Å². The Kier molecular flexibility index (Phi) is 5.84. The molecule has 0 aliphatic carbocycles. The van der Waals surface area contributed by atoms with Gasteiger partial charge in [0.25, 0.3) is 0 Å². The largest absolute Gasteiger partial charge is 0.478 e. The number of carboxylic acid groups (broad SMARTS) is 1. The van der Waals surface area contributed by atoms with Gasteiger partial charge in [0.2, 0.25) is 0 Å². The Bertz CT molecular complexity index is 763. The van der Waals surface area contributed by atoms with Crippen molar-refractivity contribution in [2.45, 2.75) is 6.92 Å². The summed E-state index contributed by atoms with van der Waals surface area (Å²) in [5.74, 6) is 0.218. The maximum atomic E-state index is 11.3. The van der Waals surface area contributed by atoms with Gasteiger partial charge in [-0.1, -0.05) is 49.4 Å². The van der Waals surface area contributed by atoms with Gasteiger partial charge in [0.05, 0.1) is 0 Å². The van der Waals surface area contributed by atoms with Crippen LogP contribution in [0.4, 0.5) is 0 Å². The molecule has 0 unspecified atom stereocenters. The topological polar surface area (TPSA) is 70.3 Å². The van der Waals surface area contributed by atoms with E-state index in [1.807, 2.05) is 37.3 Å². The Balaban J connectivity index is 2.53. The number of nitriles is 1. The van der Waals surface area contributed by atoms with Crippen LogP contribution >= 0.6 is 11.8 Å². The molecule has 0 saturated heterocycles. The van der Waals surface area contributed by atoms with Crippen molar-refractivity contribution in [2.24, 2.45) is 0 Å². The summed E-state index contributed by atoms with van der Waals surface area (Å²) in [6.45, 7) is 1.94. The number of aromatic carboxylic acids is 1. The van der Waals surface area contributed by atoms with Crippen molar-refractivity contribution in [3.8, 4) is 11.8 Å². The van der Waals surface area contributed by atoms with E-state index in [-0.39, 0.29) is 11.3 Å². The maximum Gasteiger partial charge on any atom is 0.339 e. The van der Waals surface area contributed by atoms with Crippen molar-refractivity contribution >= 4 is 23.5 Å². The monoisotopic (exact) mass is 325 g/mol. The number of para-hydroxylation sites is 1. The summed E-state index contributed by atoms with van der Waals surface area (Å²) in [7, 11) is 0. The van der Waals surface area contributed by atoms with E-state index in [2.05, 4.69) is 6.07 Å². The van der Waals surface area contributed by atoms with Gasteiger partial charge in [0.15, 0.2) is 5.76 Å². The summed E-state index contributed by atoms with van der Waals surface area (Å²) >= 11 is 1.36. The van der Waals surface area contributed by atoms with Gasteiger partial charge in [-0.05, 0) is 17.9 Å². The number of nitrogens with zero attached hydrogens (tertiary/aromatic N) is 1. The van der Waals surface area contributed by atoms with Gasteiger partial charge >= 0.3 is 5.97 Å². The number of rotatable bonds is 6. The molecule has 0 bridgehead atoms. The van der Waals surface area contributed by atoms with Crippen LogP contribution in [-0.4, -0.2) is 16.8 Å². The first-order chi connectivity index (χ1) is 11.2. The van der Waals surface area contributed by atoms with Crippen molar-refractivity contribution in [3.05, 3.63) is 70.6 Å². The maximum absolute atomic E-state index is 11.3. The highest BCUT2D eigenvalue weighted by atomic mass is 32.2. The van der Waals surface area contributed by atoms with E-state index < -0.39 is 5.97 Å². The normalized spacial score (nSPS) is 11.3. The number of carboxylic acids is 1. The molecule has 0 radical (unpaired) electrons. The third-order valence-electron chi connectivity index (χ3n) is 2.96. The number of allylic oxidation sites excluding steroid dienone is 1. The Morgan fingerprint density at radius 3 is 2.43 bits per heavy atom. The number of ether oxygens (including phenoxy) is 1. The van der Waals surface area contributed by atoms with E-state index >= 15 is 0 Å². The fourth-order valence-electron chi connectivity index (χ4n) is 1.96. The molecule has 0 aliphatic heterocycles. The third-order valence-corrected chi connectivity index (χ3v) is 3.82. The summed E-state index contributed by atoms with van der Waals surface area (Å²) in [4.78, 5) is 11.8. The molecular formula is C18H15NO3S. The lowest BCUT2D eigenvalue weighted by atomic mass is 10.1. The highest BCUT2D eigenvalue weighted by Crippen LogP contribution is 2.31. The van der Waals surface area contributed by atoms with E-state index in [1.54, 1.807) is 18.2 Å². The molecule has 0 heterocycles. The SMILES string of the molecule is CCSC(C#N)=C(Oc1ccccc1C(=O)O)c1ccccc1. The van der Waals surface area contributed by atoms with Crippen LogP contribution in [0, 0.1) is 11.3 Å². The predicted octanol–water partition coefficient (Wildman–Crippen LogP) is 4.41. The first-order valence-corrected chi connectivity index (χ1v) is 7.98. The van der Waals surface area contributed by atoms with Crippen LogP contribution in [-0.2, 0) is 0 Å². The zero-order valence-corrected chi connectivity index (χ0v) is 13.3. The average Bonchev–Trinajstić information content (AvgIpc) is 2.59. The first-order valence-electron chi connectivity index (χ1n) is 7.00. The standard InChI is InChI=1S/C18H15NO3S/c1-2-23-16(12-19)17(13-8-4-3-5-9-13)22-15-11-7-6-10-14(15)18(20)21/h3-11H,2H2,1H3,(H,20,21). The molecule has 2 rings (SSSR count). The minimum Gasteiger partial charge on any atom is -0.478 e. The molecule has 116 valence electrons. The van der Waals surface area contributed by atoms with E-state index in [1.165, 1.54) is 17.8 Å². The van der Waals surface area contributed by atoms with Gasteiger partial charge in [-0.2, -0.15) is 5.26 Å². The zero-order chi connectivity index (χ0) is 16.7. The number of hydrogen-bond donors (Lipinski definition) is 1. The molecule has 5 heteroatoms. The smallest absolute Gasteiger partial charge is 0.339 e. The lowest BCUT2D eigenvalue weighted by Gasteiger charge is -2.14. The van der Waals surface area contributed by atoms with E-state index in [9.17, 15) is 15.2 Å². The molecule has 0 aromatic heterocycles. The molecule has 0 saturated carbocycles. The molecule has 0 amide bonds. The molecule has 0 fully saturated rings. The zero-order valence-electron chi connectivity index (χ0n) is 12.5. The van der Waals surface area contributed by atoms with Crippen LogP contribution < -0.4 is 4.74 Å². The second kappa shape index (κ2) is 8.06. The molecule has 0 atom stereocenters. The number of hydrogen-bond acceptors (Lipinski definition) is 4. The van der Waals surface area contributed by atoms with Crippen LogP contribution in [0.2, 0.25) is 0 Å². The Morgan fingerprint density at radius 2 is 1.83 bits per heavy atom. The third kappa shape index (κ3) is 4.15. The van der Waals surface area contributed by atoms with Crippen LogP contribution in [0.1, 0.15) is 22.8 Å². The number of thioether (sulfide) groups is 1. The summed E-state index contributed by atoms with van der Waals surface area (Å²) in [6.07, 6.45) is 0. The van der Waals surface area contributed by atoms with Crippen LogP contribution in [0.25, 0.3) is 5.76 Å². The summed E-state index contributed by atoms with van der Waals surface area (Å²) < 4.78 is 5.85. The van der Waals surface area contributed by atoms with Crippen LogP contribution in [0.15, 0.2) is 59.5 Å². The molecule has 1 N–H and O–H groups in total. The molecular weight excluding hydrogens is 310 g/mol. The minimum absolute atomic E-state index is 0.0553. The molecule has 0 spiro atoms. The summed E-state index contributed by atoms with van der Waals surface area (Å²) in [6, 6.07) is 17.7. The molecule has 23 heavy (non-hydrogen) atoms. The quantitative estimate of drug-likeness (QED) is 0.629. The van der Waals surface area contributed by atoms with Crippen molar-refractivity contribution < 1.29 is 14.6 Å². The first kappa shape index (κ1) is 16.7. The van der Waals surface area contributed by atoms with Crippen molar-refractivity contribution in [1.29, 1.82) is 5.26 Å². The van der Waals surface area contributed by atoms with Gasteiger partial charge in [-0.25, -0.2) is 4.79 Å². The minimum atomic E-state index is -1.07. The van der Waals surface area contributed by atoms with Gasteiger partial charge in [-0.15, -0.1) is 11.8 Å². The van der Waals surface area contributed by atoms with Gasteiger partial charge < -0.3 is 9.84 Å². The van der Waals surface area contributed by atoms with Crippen LogP contribution in [0.3, 0.4) is 0 Å². The second-order valence-electron chi connectivity index (χ2n) is 4.47. The summed E-state index contributed by atoms with van der Waals surface area (Å²) in [5, 5.41) is 18.7. The summed E-state index contributed by atoms with van der Waals surface area (Å²) in [5.41, 5.74) is 0.782. The van der Waals surface area contributed by atoms with E-state index in [0.717, 1.165) is 5.56 Å². The molecule has 0 aliphatic rings. The van der Waals surface area contributed by atoms with E-state index in [4.69, 9.17) is 4.74 Å². The molecule has 2 aromatic carbocycles. The highest BCUT2D eigenvalue weighted by Gasteiger charge is 2.16. The Labute approximate surface area is 139 Å². The number of benzene rings is 2. The van der Waals surface area contributed by atoms with Crippen molar-refractivity contribution in [2.75, 3.05) is 5.75 Å². The van der Waals surface area contributed by atoms with Crippen molar-refractivity contribution in [3.63, 3.8) is 0 Å². The van der Waals surface area contributed by atoms with Gasteiger partial charge in [0, 0.05) is 5.56 Å². The van der Waals surface area contributed by atoms with Gasteiger partial charge in [0.1, 0.15) is 22.3 Å². The second-order valence-corrected chi connectivity index (χ2v) is 5.75. The van der Waals surface area contributed by atoms with Crippen LogP contribution in [0.5, 0.6) is 5.75 Å². The Morgan fingerprint density at radius 1 is 1.17 bits per heavy atom.